The van der Waals surface area contributed by atoms with Crippen molar-refractivity contribution in [1.82, 2.24) is 15.0 Å². The minimum absolute atomic E-state index is 0.701. The van der Waals surface area contributed by atoms with E-state index in [2.05, 4.69) is 20.3 Å². The average Bonchev–Trinajstić information content (AvgIpc) is 2.95. The lowest BCUT2D eigenvalue weighted by Crippen LogP contribution is -2.06. The molecule has 0 spiro atoms. The fourth-order valence-corrected chi connectivity index (χ4v) is 2.10. The van der Waals surface area contributed by atoms with Gasteiger partial charge >= 0.3 is 0 Å². The molecular formula is C14H15N5. The van der Waals surface area contributed by atoms with Crippen LogP contribution in [-0.2, 0) is 6.42 Å². The number of H-pyrrole nitrogens is 1. The van der Waals surface area contributed by atoms with Crippen molar-refractivity contribution in [2.24, 2.45) is 0 Å². The Kier molecular flexibility index (Phi) is 3.02. The van der Waals surface area contributed by atoms with E-state index in [1.165, 1.54) is 0 Å². The third-order valence-corrected chi connectivity index (χ3v) is 3.03. The molecule has 0 unspecified atom stereocenters. The third kappa shape index (κ3) is 2.35. The molecule has 5 nitrogen and oxygen atoms in total. The van der Waals surface area contributed by atoms with Crippen LogP contribution < -0.4 is 11.1 Å². The monoisotopic (exact) mass is 253 g/mol. The highest BCUT2D eigenvalue weighted by Gasteiger charge is 2.04. The molecule has 0 aliphatic heterocycles. The number of imidazole rings is 1. The molecule has 0 aliphatic carbocycles. The van der Waals surface area contributed by atoms with Crippen LogP contribution in [0.1, 0.15) is 5.82 Å². The molecule has 0 bridgehead atoms. The largest absolute Gasteiger partial charge is 0.397 e. The maximum absolute atomic E-state index is 5.93. The summed E-state index contributed by atoms with van der Waals surface area (Å²) in [5, 5.41) is 4.44. The van der Waals surface area contributed by atoms with E-state index < -0.39 is 0 Å². The van der Waals surface area contributed by atoms with E-state index in [4.69, 9.17) is 5.73 Å². The quantitative estimate of drug-likeness (QED) is 0.623. The second kappa shape index (κ2) is 4.97. The van der Waals surface area contributed by atoms with Gasteiger partial charge in [0.05, 0.1) is 11.2 Å². The summed E-state index contributed by atoms with van der Waals surface area (Å²) in [6.45, 7) is 0.807. The minimum atomic E-state index is 0.701. The summed E-state index contributed by atoms with van der Waals surface area (Å²) in [4.78, 5) is 11.6. The maximum Gasteiger partial charge on any atom is 0.107 e. The van der Waals surface area contributed by atoms with Crippen molar-refractivity contribution in [3.63, 3.8) is 0 Å². The molecule has 3 rings (SSSR count). The number of anilines is 2. The van der Waals surface area contributed by atoms with Gasteiger partial charge in [-0.25, -0.2) is 4.98 Å². The number of nitrogens with zero attached hydrogens (tertiary/aromatic N) is 2. The van der Waals surface area contributed by atoms with Crippen LogP contribution in [0.15, 0.2) is 42.9 Å². The van der Waals surface area contributed by atoms with Crippen LogP contribution in [0, 0.1) is 0 Å². The predicted octanol–water partition coefficient (Wildman–Crippen LogP) is 2.19. The number of aromatic amines is 1. The summed E-state index contributed by atoms with van der Waals surface area (Å²) >= 11 is 0. The topological polar surface area (TPSA) is 79.6 Å². The zero-order valence-electron chi connectivity index (χ0n) is 10.4. The Labute approximate surface area is 110 Å². The first-order valence-electron chi connectivity index (χ1n) is 6.20. The van der Waals surface area contributed by atoms with E-state index in [-0.39, 0.29) is 0 Å². The molecule has 4 N–H and O–H groups in total. The first-order valence-corrected chi connectivity index (χ1v) is 6.20. The van der Waals surface area contributed by atoms with Crippen molar-refractivity contribution in [3.8, 4) is 0 Å². The molecule has 1 aromatic carbocycles. The van der Waals surface area contributed by atoms with Crippen molar-refractivity contribution >= 4 is 22.3 Å². The highest BCUT2D eigenvalue weighted by molar-refractivity contribution is 5.98. The molecule has 0 saturated carbocycles. The lowest BCUT2D eigenvalue weighted by atomic mass is 10.1. The molecule has 0 fully saturated rings. The van der Waals surface area contributed by atoms with Gasteiger partial charge in [0.15, 0.2) is 0 Å². The number of hydrogen-bond donors (Lipinski definition) is 3. The highest BCUT2D eigenvalue weighted by atomic mass is 14.9. The molecule has 0 amide bonds. The van der Waals surface area contributed by atoms with Crippen molar-refractivity contribution in [2.45, 2.75) is 6.42 Å². The Bertz CT molecular complexity index is 675. The van der Waals surface area contributed by atoms with E-state index in [0.717, 1.165) is 35.4 Å². The van der Waals surface area contributed by atoms with Gasteiger partial charge in [0, 0.05) is 42.6 Å². The van der Waals surface area contributed by atoms with E-state index >= 15 is 0 Å². The number of aromatic nitrogens is 3. The van der Waals surface area contributed by atoms with Crippen molar-refractivity contribution in [3.05, 3.63) is 48.7 Å². The standard InChI is InChI=1S/C14H15N5/c15-11-3-4-12(10-2-1-6-19-14(10)11)16-7-5-13-17-8-9-18-13/h1-4,6,8-9,16H,5,7,15H2,(H,17,18). The average molecular weight is 253 g/mol. The van der Waals surface area contributed by atoms with Gasteiger partial charge in [-0.3, -0.25) is 4.98 Å². The van der Waals surface area contributed by atoms with Crippen LogP contribution in [0.4, 0.5) is 11.4 Å². The second-order valence-electron chi connectivity index (χ2n) is 4.31. The van der Waals surface area contributed by atoms with Crippen LogP contribution in [0.2, 0.25) is 0 Å². The molecule has 0 atom stereocenters. The molecule has 19 heavy (non-hydrogen) atoms. The number of benzene rings is 1. The third-order valence-electron chi connectivity index (χ3n) is 3.03. The first kappa shape index (κ1) is 11.5. The molecular weight excluding hydrogens is 238 g/mol. The molecule has 0 saturated heterocycles. The molecule has 96 valence electrons. The zero-order chi connectivity index (χ0) is 13.1. The minimum Gasteiger partial charge on any atom is -0.397 e. The van der Waals surface area contributed by atoms with Crippen LogP contribution in [0.25, 0.3) is 10.9 Å². The Hall–Kier alpha value is -2.56. The van der Waals surface area contributed by atoms with Gasteiger partial charge in [0.1, 0.15) is 5.82 Å². The number of nitrogens with one attached hydrogen (secondary N) is 2. The van der Waals surface area contributed by atoms with Crippen molar-refractivity contribution in [1.29, 1.82) is 0 Å². The SMILES string of the molecule is Nc1ccc(NCCc2ncc[nH]2)c2cccnc12. The van der Waals surface area contributed by atoms with Gasteiger partial charge in [-0.2, -0.15) is 0 Å². The number of nitrogens with two attached hydrogens (primary N) is 1. The van der Waals surface area contributed by atoms with Gasteiger partial charge in [-0.05, 0) is 24.3 Å². The molecule has 0 radical (unpaired) electrons. The van der Waals surface area contributed by atoms with Crippen LogP contribution >= 0.6 is 0 Å². The molecule has 5 heteroatoms. The van der Waals surface area contributed by atoms with E-state index in [1.54, 1.807) is 12.4 Å². The van der Waals surface area contributed by atoms with E-state index in [0.29, 0.717) is 5.69 Å². The smallest absolute Gasteiger partial charge is 0.107 e. The Morgan fingerprint density at radius 1 is 1.16 bits per heavy atom. The van der Waals surface area contributed by atoms with Gasteiger partial charge in [-0.15, -0.1) is 0 Å². The summed E-state index contributed by atoms with van der Waals surface area (Å²) in [7, 11) is 0. The number of rotatable bonds is 4. The molecule has 2 aromatic heterocycles. The second-order valence-corrected chi connectivity index (χ2v) is 4.31. The summed E-state index contributed by atoms with van der Waals surface area (Å²) in [5.41, 5.74) is 8.51. The first-order chi connectivity index (χ1) is 9.34. The van der Waals surface area contributed by atoms with Gasteiger partial charge in [0.25, 0.3) is 0 Å². The Morgan fingerprint density at radius 3 is 2.95 bits per heavy atom. The van der Waals surface area contributed by atoms with Gasteiger partial charge in [0.2, 0.25) is 0 Å². The zero-order valence-corrected chi connectivity index (χ0v) is 10.4. The fraction of sp³-hybridized carbons (Fsp3) is 0.143. The lowest BCUT2D eigenvalue weighted by molar-refractivity contribution is 0.928. The normalized spacial score (nSPS) is 10.7. The van der Waals surface area contributed by atoms with Crippen LogP contribution in [0.3, 0.4) is 0 Å². The van der Waals surface area contributed by atoms with Crippen LogP contribution in [-0.4, -0.2) is 21.5 Å². The van der Waals surface area contributed by atoms with Crippen molar-refractivity contribution < 1.29 is 0 Å². The number of nitrogen functional groups attached to an aromatic ring is 1. The fourth-order valence-electron chi connectivity index (χ4n) is 2.10. The number of fused-ring (bicyclic) bond motifs is 1. The van der Waals surface area contributed by atoms with E-state index in [1.807, 2.05) is 30.5 Å². The highest BCUT2D eigenvalue weighted by Crippen LogP contribution is 2.26. The number of pyridine rings is 1. The summed E-state index contributed by atoms with van der Waals surface area (Å²) < 4.78 is 0. The lowest BCUT2D eigenvalue weighted by Gasteiger charge is -2.10. The molecule has 3 aromatic rings. The summed E-state index contributed by atoms with van der Waals surface area (Å²) in [6.07, 6.45) is 6.19. The van der Waals surface area contributed by atoms with Gasteiger partial charge < -0.3 is 16.0 Å². The Balaban J connectivity index is 1.79. The van der Waals surface area contributed by atoms with Gasteiger partial charge in [-0.1, -0.05) is 0 Å². The molecule has 0 aliphatic rings. The molecule has 2 heterocycles. The van der Waals surface area contributed by atoms with Crippen LogP contribution in [0.5, 0.6) is 0 Å². The summed E-state index contributed by atoms with van der Waals surface area (Å²) in [6, 6.07) is 7.81. The predicted molar refractivity (Wildman–Crippen MR) is 76.9 cm³/mol. The van der Waals surface area contributed by atoms with E-state index in [9.17, 15) is 0 Å². The number of hydrogen-bond acceptors (Lipinski definition) is 4. The van der Waals surface area contributed by atoms with Crippen molar-refractivity contribution in [2.75, 3.05) is 17.6 Å². The maximum atomic E-state index is 5.93. The summed E-state index contributed by atoms with van der Waals surface area (Å²) in [5.74, 6) is 0.977. The Morgan fingerprint density at radius 2 is 2.11 bits per heavy atom.